The van der Waals surface area contributed by atoms with E-state index in [1.54, 1.807) is 18.2 Å². The van der Waals surface area contributed by atoms with Gasteiger partial charge < -0.3 is 19.7 Å². The SMILES string of the molecule is O=C(O)c1cccc(-c2cc3c(cc2C(=O)O)OCO3)c1. The van der Waals surface area contributed by atoms with E-state index in [-0.39, 0.29) is 17.9 Å². The Bertz CT molecular complexity index is 750. The van der Waals surface area contributed by atoms with Crippen molar-refractivity contribution in [3.05, 3.63) is 47.5 Å². The van der Waals surface area contributed by atoms with E-state index in [2.05, 4.69) is 0 Å². The first-order valence-electron chi connectivity index (χ1n) is 6.07. The van der Waals surface area contributed by atoms with Gasteiger partial charge in [-0.2, -0.15) is 0 Å². The van der Waals surface area contributed by atoms with E-state index in [0.29, 0.717) is 22.6 Å². The summed E-state index contributed by atoms with van der Waals surface area (Å²) in [4.78, 5) is 22.4. The summed E-state index contributed by atoms with van der Waals surface area (Å²) in [6, 6.07) is 9.01. The van der Waals surface area contributed by atoms with Gasteiger partial charge in [-0.3, -0.25) is 0 Å². The van der Waals surface area contributed by atoms with Crippen LogP contribution in [0.3, 0.4) is 0 Å². The molecule has 0 saturated carbocycles. The first-order chi connectivity index (χ1) is 10.1. The van der Waals surface area contributed by atoms with Gasteiger partial charge in [0, 0.05) is 5.56 Å². The highest BCUT2D eigenvalue weighted by Gasteiger charge is 2.21. The molecule has 1 aliphatic rings. The molecular weight excluding hydrogens is 276 g/mol. The Hall–Kier alpha value is -3.02. The Balaban J connectivity index is 2.19. The largest absolute Gasteiger partial charge is 0.478 e. The average molecular weight is 286 g/mol. The van der Waals surface area contributed by atoms with Crippen LogP contribution >= 0.6 is 0 Å². The van der Waals surface area contributed by atoms with Crippen LogP contribution in [0, 0.1) is 0 Å². The molecule has 0 unspecified atom stereocenters. The summed E-state index contributed by atoms with van der Waals surface area (Å²) in [5.74, 6) is -1.39. The van der Waals surface area contributed by atoms with E-state index in [0.717, 1.165) is 0 Å². The number of carbonyl (C=O) groups is 2. The molecule has 1 aliphatic heterocycles. The Morgan fingerprint density at radius 3 is 2.33 bits per heavy atom. The van der Waals surface area contributed by atoms with Crippen LogP contribution < -0.4 is 9.47 Å². The van der Waals surface area contributed by atoms with Crippen LogP contribution in [0.2, 0.25) is 0 Å². The summed E-state index contributed by atoms with van der Waals surface area (Å²) < 4.78 is 10.4. The molecule has 6 nitrogen and oxygen atoms in total. The van der Waals surface area contributed by atoms with Crippen LogP contribution in [0.25, 0.3) is 11.1 Å². The molecule has 2 aromatic rings. The summed E-state index contributed by atoms with van der Waals surface area (Å²) in [5.41, 5.74) is 0.990. The molecule has 0 aromatic heterocycles. The second kappa shape index (κ2) is 4.82. The molecule has 2 N–H and O–H groups in total. The van der Waals surface area contributed by atoms with Gasteiger partial charge in [0.15, 0.2) is 11.5 Å². The molecule has 0 radical (unpaired) electrons. The lowest BCUT2D eigenvalue weighted by atomic mass is 9.97. The van der Waals surface area contributed by atoms with Crippen LogP contribution in [0.1, 0.15) is 20.7 Å². The first-order valence-corrected chi connectivity index (χ1v) is 6.07. The van der Waals surface area contributed by atoms with Crippen molar-refractivity contribution in [1.29, 1.82) is 0 Å². The predicted molar refractivity (Wildman–Crippen MR) is 71.9 cm³/mol. The Morgan fingerprint density at radius 2 is 1.67 bits per heavy atom. The number of fused-ring (bicyclic) bond motifs is 1. The number of carboxylic acids is 2. The molecule has 0 saturated heterocycles. The van der Waals surface area contributed by atoms with Crippen LogP contribution in [0.4, 0.5) is 0 Å². The van der Waals surface area contributed by atoms with Gasteiger partial charge in [-0.25, -0.2) is 9.59 Å². The van der Waals surface area contributed by atoms with Crippen LogP contribution in [-0.4, -0.2) is 28.9 Å². The summed E-state index contributed by atoms with van der Waals surface area (Å²) in [7, 11) is 0. The van der Waals surface area contributed by atoms with Gasteiger partial charge in [-0.05, 0) is 29.8 Å². The highest BCUT2D eigenvalue weighted by atomic mass is 16.7. The second-order valence-corrected chi connectivity index (χ2v) is 4.44. The fourth-order valence-electron chi connectivity index (χ4n) is 2.18. The number of rotatable bonds is 3. The van der Waals surface area contributed by atoms with Crippen LogP contribution in [0.15, 0.2) is 36.4 Å². The summed E-state index contributed by atoms with van der Waals surface area (Å²) >= 11 is 0. The van der Waals surface area contributed by atoms with Crippen molar-refractivity contribution in [2.45, 2.75) is 0 Å². The zero-order valence-corrected chi connectivity index (χ0v) is 10.7. The maximum atomic E-state index is 11.4. The zero-order chi connectivity index (χ0) is 15.0. The maximum absolute atomic E-state index is 11.4. The number of carboxylic acid groups (broad SMARTS) is 2. The third-order valence-corrected chi connectivity index (χ3v) is 3.16. The van der Waals surface area contributed by atoms with E-state index < -0.39 is 11.9 Å². The third kappa shape index (κ3) is 2.27. The molecule has 0 spiro atoms. The van der Waals surface area contributed by atoms with Gasteiger partial charge in [0.25, 0.3) is 0 Å². The summed E-state index contributed by atoms with van der Waals surface area (Å²) in [5, 5.41) is 18.4. The van der Waals surface area contributed by atoms with E-state index in [4.69, 9.17) is 14.6 Å². The van der Waals surface area contributed by atoms with E-state index in [1.165, 1.54) is 18.2 Å². The van der Waals surface area contributed by atoms with E-state index >= 15 is 0 Å². The highest BCUT2D eigenvalue weighted by Crippen LogP contribution is 2.38. The molecule has 6 heteroatoms. The summed E-state index contributed by atoms with van der Waals surface area (Å²) in [6.07, 6.45) is 0. The molecule has 1 heterocycles. The van der Waals surface area contributed by atoms with Crippen molar-refractivity contribution in [3.8, 4) is 22.6 Å². The Kier molecular flexibility index (Phi) is 2.98. The lowest BCUT2D eigenvalue weighted by molar-refractivity contribution is 0.0687. The van der Waals surface area contributed by atoms with Gasteiger partial charge in [-0.15, -0.1) is 0 Å². The van der Waals surface area contributed by atoms with E-state index in [9.17, 15) is 14.7 Å². The standard InChI is InChI=1S/C15H10O6/c16-14(17)9-3-1-2-8(4-9)10-5-12-13(21-7-20-12)6-11(10)15(18)19/h1-6H,7H2,(H,16,17)(H,18,19). The highest BCUT2D eigenvalue weighted by molar-refractivity contribution is 5.98. The monoisotopic (exact) mass is 286 g/mol. The molecule has 0 aliphatic carbocycles. The van der Waals surface area contributed by atoms with Crippen LogP contribution in [0.5, 0.6) is 11.5 Å². The molecule has 0 amide bonds. The summed E-state index contributed by atoms with van der Waals surface area (Å²) in [6.45, 7) is 0.0347. The number of hydrogen-bond acceptors (Lipinski definition) is 4. The average Bonchev–Trinajstić information content (AvgIpc) is 2.93. The van der Waals surface area contributed by atoms with Crippen molar-refractivity contribution < 1.29 is 29.3 Å². The molecule has 3 rings (SSSR count). The smallest absolute Gasteiger partial charge is 0.336 e. The predicted octanol–water partition coefficient (Wildman–Crippen LogP) is 2.48. The molecule has 21 heavy (non-hydrogen) atoms. The number of ether oxygens (including phenoxy) is 2. The van der Waals surface area contributed by atoms with Crippen molar-refractivity contribution in [3.63, 3.8) is 0 Å². The quantitative estimate of drug-likeness (QED) is 0.900. The van der Waals surface area contributed by atoms with Crippen molar-refractivity contribution in [2.24, 2.45) is 0 Å². The lowest BCUT2D eigenvalue weighted by Gasteiger charge is -2.09. The molecule has 0 bridgehead atoms. The second-order valence-electron chi connectivity index (χ2n) is 4.44. The van der Waals surface area contributed by atoms with Crippen molar-refractivity contribution >= 4 is 11.9 Å². The van der Waals surface area contributed by atoms with Crippen molar-refractivity contribution in [2.75, 3.05) is 6.79 Å². The van der Waals surface area contributed by atoms with Crippen molar-refractivity contribution in [1.82, 2.24) is 0 Å². The molecule has 2 aromatic carbocycles. The minimum Gasteiger partial charge on any atom is -0.478 e. The van der Waals surface area contributed by atoms with Gasteiger partial charge in [0.1, 0.15) is 0 Å². The number of benzene rings is 2. The minimum absolute atomic E-state index is 0.0294. The molecule has 0 atom stereocenters. The fourth-order valence-corrected chi connectivity index (χ4v) is 2.18. The van der Waals surface area contributed by atoms with Gasteiger partial charge in [0.2, 0.25) is 6.79 Å². The van der Waals surface area contributed by atoms with Crippen LogP contribution in [-0.2, 0) is 0 Å². The first kappa shape index (κ1) is 13.0. The Morgan fingerprint density at radius 1 is 0.952 bits per heavy atom. The molecule has 106 valence electrons. The van der Waals surface area contributed by atoms with E-state index in [1.807, 2.05) is 0 Å². The zero-order valence-electron chi connectivity index (χ0n) is 10.7. The molecule has 0 fully saturated rings. The number of hydrogen-bond donors (Lipinski definition) is 2. The molecular formula is C15H10O6. The minimum atomic E-state index is -1.12. The lowest BCUT2D eigenvalue weighted by Crippen LogP contribution is -2.01. The fraction of sp³-hybridized carbons (Fsp3) is 0.0667. The van der Waals surface area contributed by atoms with Gasteiger partial charge in [-0.1, -0.05) is 12.1 Å². The maximum Gasteiger partial charge on any atom is 0.336 e. The Labute approximate surface area is 119 Å². The number of aromatic carboxylic acids is 2. The van der Waals surface area contributed by atoms with Gasteiger partial charge in [0.05, 0.1) is 11.1 Å². The van der Waals surface area contributed by atoms with Gasteiger partial charge >= 0.3 is 11.9 Å². The topological polar surface area (TPSA) is 93.1 Å². The normalized spacial score (nSPS) is 12.2. The third-order valence-electron chi connectivity index (χ3n) is 3.16.